The maximum absolute atomic E-state index is 12.1. The van der Waals surface area contributed by atoms with Crippen molar-refractivity contribution in [2.75, 3.05) is 0 Å². The highest BCUT2D eigenvalue weighted by Crippen LogP contribution is 2.38. The fourth-order valence-corrected chi connectivity index (χ4v) is 2.45. The van der Waals surface area contributed by atoms with Crippen molar-refractivity contribution in [1.29, 1.82) is 0 Å². The molecule has 0 radical (unpaired) electrons. The third kappa shape index (κ3) is 4.86. The van der Waals surface area contributed by atoms with Gasteiger partial charge in [-0.1, -0.05) is 18.2 Å². The number of hydrogen-bond donors (Lipinski definition) is 1. The zero-order chi connectivity index (χ0) is 12.4. The van der Waals surface area contributed by atoms with E-state index in [1.165, 1.54) is 18.2 Å². The van der Waals surface area contributed by atoms with Crippen LogP contribution in [0.5, 0.6) is 0 Å². The van der Waals surface area contributed by atoms with Crippen LogP contribution < -0.4 is 0 Å². The van der Waals surface area contributed by atoms with Crippen LogP contribution in [0.25, 0.3) is 0 Å². The molecule has 0 aromatic heterocycles. The Morgan fingerprint density at radius 2 is 1.81 bits per heavy atom. The second kappa shape index (κ2) is 4.64. The lowest BCUT2D eigenvalue weighted by Crippen LogP contribution is -2.05. The van der Waals surface area contributed by atoms with E-state index in [2.05, 4.69) is 0 Å². The van der Waals surface area contributed by atoms with Crippen molar-refractivity contribution in [2.45, 2.75) is 16.2 Å². The van der Waals surface area contributed by atoms with Crippen LogP contribution in [0.4, 0.5) is 13.2 Å². The Morgan fingerprint density at radius 3 is 2.31 bits per heavy atom. The molecule has 90 valence electrons. The van der Waals surface area contributed by atoms with Gasteiger partial charge < -0.3 is 0 Å². The standard InChI is InChI=1S/C8H7F3O3S2/c9-8(10,11)15-7-4-2-1-3-6(7)5-16(12,13)14/h1-4H,5H2,(H,12,13,14). The van der Waals surface area contributed by atoms with Crippen LogP contribution >= 0.6 is 11.8 Å². The molecule has 8 heteroatoms. The molecule has 0 amide bonds. The zero-order valence-corrected chi connectivity index (χ0v) is 9.36. The first kappa shape index (κ1) is 13.3. The molecule has 0 bridgehead atoms. The number of benzene rings is 1. The summed E-state index contributed by atoms with van der Waals surface area (Å²) in [6.07, 6.45) is 0. The Balaban J connectivity index is 3.01. The lowest BCUT2D eigenvalue weighted by Gasteiger charge is -2.09. The van der Waals surface area contributed by atoms with Gasteiger partial charge in [0, 0.05) is 4.90 Å². The summed E-state index contributed by atoms with van der Waals surface area (Å²) in [5, 5.41) is 0. The Hall–Kier alpha value is -0.730. The molecule has 0 aliphatic carbocycles. The highest BCUT2D eigenvalue weighted by Gasteiger charge is 2.30. The lowest BCUT2D eigenvalue weighted by atomic mass is 10.2. The van der Waals surface area contributed by atoms with E-state index in [9.17, 15) is 21.6 Å². The van der Waals surface area contributed by atoms with Gasteiger partial charge >= 0.3 is 5.51 Å². The predicted molar refractivity (Wildman–Crippen MR) is 53.6 cm³/mol. The summed E-state index contributed by atoms with van der Waals surface area (Å²) in [5.41, 5.74) is -4.57. The van der Waals surface area contributed by atoms with Crippen LogP contribution in [0.3, 0.4) is 0 Å². The Kier molecular flexibility index (Phi) is 3.87. The molecule has 0 unspecified atom stereocenters. The van der Waals surface area contributed by atoms with Crippen LogP contribution in [0, 0.1) is 0 Å². The Labute approximate surface area is 94.4 Å². The molecule has 3 nitrogen and oxygen atoms in total. The molecular weight excluding hydrogens is 265 g/mol. The van der Waals surface area contributed by atoms with Crippen LogP contribution in [0.15, 0.2) is 29.2 Å². The van der Waals surface area contributed by atoms with Crippen LogP contribution in [0.2, 0.25) is 0 Å². The second-order valence-electron chi connectivity index (χ2n) is 2.88. The molecule has 0 fully saturated rings. The number of thioether (sulfide) groups is 1. The molecule has 16 heavy (non-hydrogen) atoms. The van der Waals surface area contributed by atoms with Crippen LogP contribution in [-0.2, 0) is 15.9 Å². The first-order valence-corrected chi connectivity index (χ1v) is 6.39. The van der Waals surface area contributed by atoms with Gasteiger partial charge in [0.1, 0.15) is 5.75 Å². The minimum Gasteiger partial charge on any atom is -0.285 e. The molecule has 1 rings (SSSR count). The Bertz CT molecular complexity index is 468. The summed E-state index contributed by atoms with van der Waals surface area (Å²) < 4.78 is 66.1. The van der Waals surface area contributed by atoms with Crippen molar-refractivity contribution in [1.82, 2.24) is 0 Å². The van der Waals surface area contributed by atoms with E-state index < -0.39 is 33.1 Å². The molecule has 0 spiro atoms. The maximum Gasteiger partial charge on any atom is 0.446 e. The molecule has 0 aliphatic heterocycles. The van der Waals surface area contributed by atoms with Gasteiger partial charge in [-0.3, -0.25) is 4.55 Å². The minimum atomic E-state index is -4.49. The number of hydrogen-bond acceptors (Lipinski definition) is 3. The van der Waals surface area contributed by atoms with E-state index in [0.717, 1.165) is 6.07 Å². The van der Waals surface area contributed by atoms with Gasteiger partial charge in [-0.15, -0.1) is 0 Å². The number of alkyl halides is 3. The first-order chi connectivity index (χ1) is 7.17. The fourth-order valence-electron chi connectivity index (χ4n) is 1.04. The predicted octanol–water partition coefficient (Wildman–Crippen LogP) is 2.69. The van der Waals surface area contributed by atoms with Gasteiger partial charge in [-0.05, 0) is 23.4 Å². The summed E-state index contributed by atoms with van der Waals surface area (Å²) in [6, 6.07) is 5.14. The van der Waals surface area contributed by atoms with Crippen molar-refractivity contribution in [2.24, 2.45) is 0 Å². The van der Waals surface area contributed by atoms with E-state index in [1.54, 1.807) is 0 Å². The van der Waals surface area contributed by atoms with Crippen molar-refractivity contribution >= 4 is 21.9 Å². The molecule has 0 atom stereocenters. The molecular formula is C8H7F3O3S2. The highest BCUT2D eigenvalue weighted by molar-refractivity contribution is 8.00. The molecule has 0 saturated heterocycles. The number of halogens is 3. The molecule has 1 N–H and O–H groups in total. The van der Waals surface area contributed by atoms with Gasteiger partial charge in [0.2, 0.25) is 0 Å². The molecule has 1 aromatic rings. The van der Waals surface area contributed by atoms with Gasteiger partial charge in [0.15, 0.2) is 0 Å². The van der Waals surface area contributed by atoms with E-state index in [0.29, 0.717) is 0 Å². The van der Waals surface area contributed by atoms with Gasteiger partial charge in [0.25, 0.3) is 10.1 Å². The first-order valence-electron chi connectivity index (χ1n) is 3.96. The van der Waals surface area contributed by atoms with Crippen molar-refractivity contribution < 1.29 is 26.1 Å². The molecule has 0 saturated carbocycles. The number of rotatable bonds is 3. The average Bonchev–Trinajstić information content (AvgIpc) is 2.03. The maximum atomic E-state index is 12.1. The van der Waals surface area contributed by atoms with Crippen LogP contribution in [-0.4, -0.2) is 18.5 Å². The topological polar surface area (TPSA) is 54.4 Å². The molecule has 0 aliphatic rings. The fraction of sp³-hybridized carbons (Fsp3) is 0.250. The minimum absolute atomic E-state index is 0.0766. The SMILES string of the molecule is O=S(=O)(O)Cc1ccccc1SC(F)(F)F. The lowest BCUT2D eigenvalue weighted by molar-refractivity contribution is -0.0328. The van der Waals surface area contributed by atoms with Crippen molar-refractivity contribution in [3.63, 3.8) is 0 Å². The monoisotopic (exact) mass is 272 g/mol. The van der Waals surface area contributed by atoms with Gasteiger partial charge in [-0.25, -0.2) is 0 Å². The Morgan fingerprint density at radius 1 is 1.25 bits per heavy atom. The summed E-state index contributed by atoms with van der Waals surface area (Å²) in [6.45, 7) is 0. The smallest absolute Gasteiger partial charge is 0.285 e. The normalized spacial score (nSPS) is 12.8. The summed E-state index contributed by atoms with van der Waals surface area (Å²) in [7, 11) is -4.34. The van der Waals surface area contributed by atoms with E-state index in [-0.39, 0.29) is 10.5 Å². The third-order valence-corrected chi connectivity index (χ3v) is 3.06. The molecule has 1 aromatic carbocycles. The van der Waals surface area contributed by atoms with Crippen molar-refractivity contribution in [3.05, 3.63) is 29.8 Å². The summed E-state index contributed by atoms with van der Waals surface area (Å²) >= 11 is -0.408. The highest BCUT2D eigenvalue weighted by atomic mass is 32.2. The summed E-state index contributed by atoms with van der Waals surface area (Å²) in [5.74, 6) is -0.827. The largest absolute Gasteiger partial charge is 0.446 e. The van der Waals surface area contributed by atoms with E-state index in [4.69, 9.17) is 4.55 Å². The van der Waals surface area contributed by atoms with Gasteiger partial charge in [-0.2, -0.15) is 21.6 Å². The quantitative estimate of drug-likeness (QED) is 0.679. The second-order valence-corrected chi connectivity index (χ2v) is 5.44. The summed E-state index contributed by atoms with van der Waals surface area (Å²) in [4.78, 5) is -0.229. The van der Waals surface area contributed by atoms with Crippen LogP contribution in [0.1, 0.15) is 5.56 Å². The third-order valence-electron chi connectivity index (χ3n) is 1.54. The van der Waals surface area contributed by atoms with Crippen molar-refractivity contribution in [3.8, 4) is 0 Å². The average molecular weight is 272 g/mol. The van der Waals surface area contributed by atoms with E-state index in [1.807, 2.05) is 0 Å². The molecule has 0 heterocycles. The van der Waals surface area contributed by atoms with E-state index >= 15 is 0 Å². The van der Waals surface area contributed by atoms with Gasteiger partial charge in [0.05, 0.1) is 0 Å². The zero-order valence-electron chi connectivity index (χ0n) is 7.73.